The summed E-state index contributed by atoms with van der Waals surface area (Å²) in [4.78, 5) is 11.4. The summed E-state index contributed by atoms with van der Waals surface area (Å²) < 4.78 is 42.6. The van der Waals surface area contributed by atoms with Crippen molar-refractivity contribution in [2.24, 2.45) is 0 Å². The molecule has 0 saturated carbocycles. The Bertz CT molecular complexity index is 636. The van der Waals surface area contributed by atoms with Crippen molar-refractivity contribution in [1.29, 1.82) is 0 Å². The minimum atomic E-state index is -4.38. The number of hydrogen-bond acceptors (Lipinski definition) is 5. The molecule has 9 heteroatoms. The third-order valence-corrected chi connectivity index (χ3v) is 2.64. The van der Waals surface area contributed by atoms with Gasteiger partial charge in [0, 0.05) is 6.54 Å². The van der Waals surface area contributed by atoms with Crippen molar-refractivity contribution < 1.29 is 17.9 Å². The van der Waals surface area contributed by atoms with Crippen LogP contribution in [0.4, 0.5) is 19.1 Å². The van der Waals surface area contributed by atoms with Gasteiger partial charge in [0.25, 0.3) is 0 Å². The molecule has 1 aromatic carbocycles. The van der Waals surface area contributed by atoms with E-state index in [9.17, 15) is 13.2 Å². The maximum absolute atomic E-state index is 12.6. The van der Waals surface area contributed by atoms with Crippen LogP contribution in [0.2, 0.25) is 5.28 Å². The van der Waals surface area contributed by atoms with Crippen LogP contribution in [0.25, 0.3) is 0 Å². The zero-order valence-corrected chi connectivity index (χ0v) is 11.5. The molecule has 0 atom stereocenters. The molecule has 112 valence electrons. The van der Waals surface area contributed by atoms with Gasteiger partial charge in [-0.3, -0.25) is 0 Å². The first-order valence-corrected chi connectivity index (χ1v) is 6.12. The Morgan fingerprint density at radius 2 is 2.00 bits per heavy atom. The largest absolute Gasteiger partial charge is 0.467 e. The lowest BCUT2D eigenvalue weighted by atomic mass is 10.1. The number of hydrogen-bond donors (Lipinski definition) is 1. The third kappa shape index (κ3) is 4.19. The lowest BCUT2D eigenvalue weighted by Crippen LogP contribution is -2.08. The highest BCUT2D eigenvalue weighted by Gasteiger charge is 2.30. The molecule has 0 saturated heterocycles. The van der Waals surface area contributed by atoms with Gasteiger partial charge in [-0.25, -0.2) is 0 Å². The molecule has 1 N–H and O–H groups in total. The fraction of sp³-hybridized carbons (Fsp3) is 0.250. The Balaban J connectivity index is 2.11. The lowest BCUT2D eigenvalue weighted by Gasteiger charge is -2.09. The van der Waals surface area contributed by atoms with Crippen LogP contribution >= 0.6 is 11.6 Å². The number of benzene rings is 1. The van der Waals surface area contributed by atoms with Crippen LogP contribution in [0, 0.1) is 0 Å². The average Bonchev–Trinajstić information content (AvgIpc) is 2.44. The normalized spacial score (nSPS) is 11.3. The van der Waals surface area contributed by atoms with E-state index in [-0.39, 0.29) is 23.8 Å². The number of nitrogens with one attached hydrogen (secondary N) is 1. The Kier molecular flexibility index (Phi) is 4.46. The molecule has 0 radical (unpaired) electrons. The fourth-order valence-electron chi connectivity index (χ4n) is 1.54. The molecule has 0 aliphatic heterocycles. The predicted molar refractivity (Wildman–Crippen MR) is 70.2 cm³/mol. The maximum atomic E-state index is 12.6. The number of anilines is 1. The van der Waals surface area contributed by atoms with Crippen LogP contribution in [0.3, 0.4) is 0 Å². The van der Waals surface area contributed by atoms with Crippen molar-refractivity contribution >= 4 is 17.5 Å². The number of ether oxygens (including phenoxy) is 1. The molecule has 2 rings (SSSR count). The zero-order chi connectivity index (χ0) is 15.5. The third-order valence-electron chi connectivity index (χ3n) is 2.48. The predicted octanol–water partition coefficient (Wildman–Crippen LogP) is 3.16. The molecule has 0 aliphatic rings. The summed E-state index contributed by atoms with van der Waals surface area (Å²) in [6, 6.07) is 4.96. The quantitative estimate of drug-likeness (QED) is 0.938. The first-order valence-electron chi connectivity index (χ1n) is 5.74. The molecule has 0 spiro atoms. The lowest BCUT2D eigenvalue weighted by molar-refractivity contribution is -0.137. The molecular formula is C12H10ClF3N4O. The van der Waals surface area contributed by atoms with E-state index in [1.807, 2.05) is 0 Å². The topological polar surface area (TPSA) is 59.9 Å². The highest BCUT2D eigenvalue weighted by molar-refractivity contribution is 6.28. The number of halogens is 4. The SMILES string of the molecule is COc1nc(Cl)nc(NCc2cccc(C(F)(F)F)c2)n1. The zero-order valence-electron chi connectivity index (χ0n) is 10.8. The van der Waals surface area contributed by atoms with Gasteiger partial charge < -0.3 is 10.1 Å². The van der Waals surface area contributed by atoms with Crippen LogP contribution in [0.1, 0.15) is 11.1 Å². The molecule has 0 fully saturated rings. The van der Waals surface area contributed by atoms with E-state index in [4.69, 9.17) is 16.3 Å². The van der Waals surface area contributed by atoms with Crippen LogP contribution in [-0.4, -0.2) is 22.1 Å². The molecule has 0 bridgehead atoms. The van der Waals surface area contributed by atoms with E-state index >= 15 is 0 Å². The van der Waals surface area contributed by atoms with Gasteiger partial charge in [0.1, 0.15) is 0 Å². The second-order valence-electron chi connectivity index (χ2n) is 3.97. The molecular weight excluding hydrogens is 309 g/mol. The number of aromatic nitrogens is 3. The van der Waals surface area contributed by atoms with Crippen LogP contribution in [0.15, 0.2) is 24.3 Å². The van der Waals surface area contributed by atoms with E-state index in [1.54, 1.807) is 6.07 Å². The molecule has 1 aromatic heterocycles. The minimum Gasteiger partial charge on any atom is -0.467 e. The Morgan fingerprint density at radius 1 is 1.24 bits per heavy atom. The Morgan fingerprint density at radius 3 is 2.67 bits per heavy atom. The van der Waals surface area contributed by atoms with Gasteiger partial charge >= 0.3 is 12.2 Å². The van der Waals surface area contributed by atoms with E-state index in [0.717, 1.165) is 12.1 Å². The summed E-state index contributed by atoms with van der Waals surface area (Å²) >= 11 is 5.66. The molecule has 0 unspecified atom stereocenters. The molecule has 5 nitrogen and oxygen atoms in total. The number of alkyl halides is 3. The smallest absolute Gasteiger partial charge is 0.416 e. The van der Waals surface area contributed by atoms with Crippen molar-refractivity contribution in [3.63, 3.8) is 0 Å². The second kappa shape index (κ2) is 6.13. The summed E-state index contributed by atoms with van der Waals surface area (Å²) in [5.41, 5.74) is -0.284. The van der Waals surface area contributed by atoms with E-state index in [0.29, 0.717) is 5.56 Å². The molecule has 0 amide bonds. The van der Waals surface area contributed by atoms with Crippen LogP contribution < -0.4 is 10.1 Å². The summed E-state index contributed by atoms with van der Waals surface area (Å²) in [5, 5.41) is 2.69. The molecule has 2 aromatic rings. The fourth-order valence-corrected chi connectivity index (χ4v) is 1.69. The van der Waals surface area contributed by atoms with Gasteiger partial charge in [-0.1, -0.05) is 12.1 Å². The minimum absolute atomic E-state index is 0.0153. The molecule has 1 heterocycles. The summed E-state index contributed by atoms with van der Waals surface area (Å²) in [7, 11) is 1.36. The second-order valence-corrected chi connectivity index (χ2v) is 4.30. The van der Waals surface area contributed by atoms with E-state index < -0.39 is 11.7 Å². The monoisotopic (exact) mass is 318 g/mol. The number of methoxy groups -OCH3 is 1. The van der Waals surface area contributed by atoms with Crippen molar-refractivity contribution in [3.8, 4) is 6.01 Å². The number of rotatable bonds is 4. The van der Waals surface area contributed by atoms with Crippen molar-refractivity contribution in [2.75, 3.05) is 12.4 Å². The molecule has 0 aliphatic carbocycles. The summed E-state index contributed by atoms with van der Waals surface area (Å²) in [5.74, 6) is 0.115. The van der Waals surface area contributed by atoms with Crippen molar-refractivity contribution in [2.45, 2.75) is 12.7 Å². The summed E-state index contributed by atoms with van der Waals surface area (Å²) in [6.45, 7) is 0.105. The van der Waals surface area contributed by atoms with Crippen LogP contribution in [0.5, 0.6) is 6.01 Å². The van der Waals surface area contributed by atoms with Crippen molar-refractivity contribution in [3.05, 3.63) is 40.7 Å². The van der Waals surface area contributed by atoms with Gasteiger partial charge in [0.05, 0.1) is 12.7 Å². The van der Waals surface area contributed by atoms with Gasteiger partial charge in [-0.15, -0.1) is 0 Å². The maximum Gasteiger partial charge on any atom is 0.416 e. The Labute approximate surface area is 123 Å². The molecule has 21 heavy (non-hydrogen) atoms. The highest BCUT2D eigenvalue weighted by atomic mass is 35.5. The average molecular weight is 319 g/mol. The van der Waals surface area contributed by atoms with Gasteiger partial charge in [-0.05, 0) is 29.3 Å². The summed E-state index contributed by atoms with van der Waals surface area (Å²) in [6.07, 6.45) is -4.38. The van der Waals surface area contributed by atoms with Gasteiger partial charge in [0.15, 0.2) is 0 Å². The van der Waals surface area contributed by atoms with Crippen LogP contribution in [-0.2, 0) is 12.7 Å². The Hall–Kier alpha value is -2.09. The highest BCUT2D eigenvalue weighted by Crippen LogP contribution is 2.29. The number of nitrogens with zero attached hydrogens (tertiary/aromatic N) is 3. The standard InChI is InChI=1S/C12H10ClF3N4O/c1-21-11-19-9(13)18-10(20-11)17-6-7-3-2-4-8(5-7)12(14,15)16/h2-5H,6H2,1H3,(H,17,18,19,20). The first kappa shape index (κ1) is 15.3. The van der Waals surface area contributed by atoms with Crippen molar-refractivity contribution in [1.82, 2.24) is 15.0 Å². The van der Waals surface area contributed by atoms with Gasteiger partial charge in [0.2, 0.25) is 11.2 Å². The van der Waals surface area contributed by atoms with E-state index in [2.05, 4.69) is 20.3 Å². The first-order chi connectivity index (χ1) is 9.88. The van der Waals surface area contributed by atoms with Gasteiger partial charge in [-0.2, -0.15) is 28.1 Å². The van der Waals surface area contributed by atoms with E-state index in [1.165, 1.54) is 13.2 Å².